The average Bonchev–Trinajstić information content (AvgIpc) is 3.27. The Hall–Kier alpha value is -3.81. The number of nitrogens with one attached hydrogen (secondary N) is 2. The van der Waals surface area contributed by atoms with Crippen molar-refractivity contribution in [1.29, 1.82) is 0 Å². The molecular formula is C25H29N3O5. The van der Waals surface area contributed by atoms with Crippen LogP contribution in [-0.4, -0.2) is 30.0 Å². The molecule has 2 N–H and O–H groups in total. The van der Waals surface area contributed by atoms with Gasteiger partial charge in [0.05, 0.1) is 19.4 Å². The summed E-state index contributed by atoms with van der Waals surface area (Å²) in [6, 6.07) is 10.9. The Morgan fingerprint density at radius 2 is 1.82 bits per heavy atom. The molecule has 0 bridgehead atoms. The summed E-state index contributed by atoms with van der Waals surface area (Å²) >= 11 is 0. The molecule has 0 atom stereocenters. The minimum Gasteiger partial charge on any atom is -0.493 e. The molecule has 0 radical (unpaired) electrons. The topological polar surface area (TPSA) is 103 Å². The Bertz CT molecular complexity index is 1140. The molecule has 2 amide bonds. The van der Waals surface area contributed by atoms with Gasteiger partial charge >= 0.3 is 0 Å². The SMILES string of the molecule is COc1cc(C(=O)NNC(=O)CCc2ncc(-c3ccc(C)c(C)c3)o2)ccc1OC(C)C. The monoisotopic (exact) mass is 451 g/mol. The Labute approximate surface area is 193 Å². The lowest BCUT2D eigenvalue weighted by Crippen LogP contribution is -2.41. The molecule has 33 heavy (non-hydrogen) atoms. The van der Waals surface area contributed by atoms with E-state index in [2.05, 4.69) is 22.8 Å². The maximum absolute atomic E-state index is 12.4. The number of methoxy groups -OCH3 is 1. The molecule has 1 aromatic heterocycles. The first-order chi connectivity index (χ1) is 15.8. The summed E-state index contributed by atoms with van der Waals surface area (Å²) in [4.78, 5) is 28.8. The van der Waals surface area contributed by atoms with Gasteiger partial charge in [-0.1, -0.05) is 12.1 Å². The number of hydrazine groups is 1. The zero-order chi connectivity index (χ0) is 24.0. The van der Waals surface area contributed by atoms with Crippen molar-refractivity contribution >= 4 is 11.8 Å². The summed E-state index contributed by atoms with van der Waals surface area (Å²) in [7, 11) is 1.50. The van der Waals surface area contributed by atoms with Gasteiger partial charge in [0.25, 0.3) is 5.91 Å². The molecule has 3 aromatic rings. The molecule has 3 rings (SSSR count). The van der Waals surface area contributed by atoms with E-state index in [1.165, 1.54) is 18.2 Å². The third kappa shape index (κ3) is 6.35. The number of nitrogens with zero attached hydrogens (tertiary/aromatic N) is 1. The maximum Gasteiger partial charge on any atom is 0.269 e. The van der Waals surface area contributed by atoms with E-state index in [0.29, 0.717) is 35.1 Å². The van der Waals surface area contributed by atoms with E-state index < -0.39 is 5.91 Å². The molecule has 0 aliphatic carbocycles. The van der Waals surface area contributed by atoms with E-state index in [1.807, 2.05) is 39.0 Å². The molecule has 1 heterocycles. The molecule has 0 aliphatic rings. The number of oxazole rings is 1. The summed E-state index contributed by atoms with van der Waals surface area (Å²) in [6.07, 6.45) is 2.04. The third-order valence-corrected chi connectivity index (χ3v) is 5.01. The Morgan fingerprint density at radius 1 is 1.03 bits per heavy atom. The van der Waals surface area contributed by atoms with Crippen molar-refractivity contribution in [3.63, 3.8) is 0 Å². The summed E-state index contributed by atoms with van der Waals surface area (Å²) < 4.78 is 16.7. The lowest BCUT2D eigenvalue weighted by atomic mass is 10.1. The molecule has 0 spiro atoms. The Balaban J connectivity index is 1.51. The van der Waals surface area contributed by atoms with Gasteiger partial charge in [-0.3, -0.25) is 20.4 Å². The highest BCUT2D eigenvalue weighted by Crippen LogP contribution is 2.29. The highest BCUT2D eigenvalue weighted by atomic mass is 16.5. The lowest BCUT2D eigenvalue weighted by molar-refractivity contribution is -0.121. The number of amides is 2. The summed E-state index contributed by atoms with van der Waals surface area (Å²) in [6.45, 7) is 7.89. The van der Waals surface area contributed by atoms with Gasteiger partial charge in [-0.2, -0.15) is 0 Å². The molecule has 174 valence electrons. The van der Waals surface area contributed by atoms with E-state index in [9.17, 15) is 9.59 Å². The van der Waals surface area contributed by atoms with E-state index in [0.717, 1.165) is 5.56 Å². The van der Waals surface area contributed by atoms with Gasteiger partial charge in [0, 0.05) is 24.0 Å². The molecule has 0 saturated heterocycles. The molecule has 8 nitrogen and oxygen atoms in total. The van der Waals surface area contributed by atoms with Crippen molar-refractivity contribution in [3.8, 4) is 22.8 Å². The normalized spacial score (nSPS) is 10.7. The number of ether oxygens (including phenoxy) is 2. The van der Waals surface area contributed by atoms with Crippen LogP contribution in [0, 0.1) is 13.8 Å². The average molecular weight is 452 g/mol. The fourth-order valence-corrected chi connectivity index (χ4v) is 3.10. The van der Waals surface area contributed by atoms with E-state index in [4.69, 9.17) is 13.9 Å². The van der Waals surface area contributed by atoms with E-state index in [-0.39, 0.29) is 18.4 Å². The van der Waals surface area contributed by atoms with Crippen LogP contribution in [0.3, 0.4) is 0 Å². The van der Waals surface area contributed by atoms with Gasteiger partial charge in [-0.05, 0) is 63.1 Å². The summed E-state index contributed by atoms with van der Waals surface area (Å²) in [5, 5.41) is 0. The predicted octanol–water partition coefficient (Wildman–Crippen LogP) is 4.15. The van der Waals surface area contributed by atoms with Crippen molar-refractivity contribution in [2.75, 3.05) is 7.11 Å². The van der Waals surface area contributed by atoms with Crippen LogP contribution in [0.15, 0.2) is 47.0 Å². The zero-order valence-corrected chi connectivity index (χ0v) is 19.5. The predicted molar refractivity (Wildman–Crippen MR) is 124 cm³/mol. The van der Waals surface area contributed by atoms with Gasteiger partial charge in [-0.15, -0.1) is 0 Å². The number of carbonyl (C=O) groups excluding carboxylic acids is 2. The number of hydrogen-bond donors (Lipinski definition) is 2. The fourth-order valence-electron chi connectivity index (χ4n) is 3.10. The number of hydrogen-bond acceptors (Lipinski definition) is 6. The minimum absolute atomic E-state index is 0.0291. The summed E-state index contributed by atoms with van der Waals surface area (Å²) in [5.41, 5.74) is 8.45. The molecule has 2 aromatic carbocycles. The number of aromatic nitrogens is 1. The van der Waals surface area contributed by atoms with Gasteiger partial charge < -0.3 is 13.9 Å². The largest absolute Gasteiger partial charge is 0.493 e. The van der Waals surface area contributed by atoms with Crippen LogP contribution < -0.4 is 20.3 Å². The number of benzene rings is 2. The van der Waals surface area contributed by atoms with Gasteiger partial charge in [0.15, 0.2) is 23.1 Å². The number of carbonyl (C=O) groups is 2. The van der Waals surface area contributed by atoms with Crippen molar-refractivity contribution < 1.29 is 23.5 Å². The fraction of sp³-hybridized carbons (Fsp3) is 0.320. The van der Waals surface area contributed by atoms with Crippen molar-refractivity contribution in [1.82, 2.24) is 15.8 Å². The smallest absolute Gasteiger partial charge is 0.269 e. The Morgan fingerprint density at radius 3 is 2.52 bits per heavy atom. The first kappa shape index (κ1) is 23.8. The first-order valence-corrected chi connectivity index (χ1v) is 10.7. The van der Waals surface area contributed by atoms with Crippen LogP contribution in [0.1, 0.15) is 47.6 Å². The van der Waals surface area contributed by atoms with Crippen LogP contribution in [0.2, 0.25) is 0 Å². The molecule has 0 fully saturated rings. The minimum atomic E-state index is -0.467. The number of rotatable bonds is 8. The van der Waals surface area contributed by atoms with Gasteiger partial charge in [-0.25, -0.2) is 4.98 Å². The highest BCUT2D eigenvalue weighted by molar-refractivity contribution is 5.96. The first-order valence-electron chi connectivity index (χ1n) is 10.7. The van der Waals surface area contributed by atoms with Gasteiger partial charge in [0.2, 0.25) is 5.91 Å². The van der Waals surface area contributed by atoms with Crippen LogP contribution in [0.4, 0.5) is 0 Å². The maximum atomic E-state index is 12.4. The van der Waals surface area contributed by atoms with Gasteiger partial charge in [0.1, 0.15) is 0 Å². The lowest BCUT2D eigenvalue weighted by Gasteiger charge is -2.14. The molecular weight excluding hydrogens is 422 g/mol. The van der Waals surface area contributed by atoms with Crippen LogP contribution >= 0.6 is 0 Å². The highest BCUT2D eigenvalue weighted by Gasteiger charge is 2.14. The molecule has 0 unspecified atom stereocenters. The van der Waals surface area contributed by atoms with Crippen molar-refractivity contribution in [3.05, 3.63) is 65.2 Å². The third-order valence-electron chi connectivity index (χ3n) is 5.01. The van der Waals surface area contributed by atoms with Crippen LogP contribution in [0.5, 0.6) is 11.5 Å². The second kappa shape index (κ2) is 10.7. The molecule has 8 heteroatoms. The van der Waals surface area contributed by atoms with Crippen molar-refractivity contribution in [2.45, 2.75) is 46.6 Å². The Kier molecular flexibility index (Phi) is 7.71. The molecule has 0 aliphatic heterocycles. The number of aryl methyl sites for hydroxylation is 3. The van der Waals surface area contributed by atoms with E-state index in [1.54, 1.807) is 24.4 Å². The van der Waals surface area contributed by atoms with Crippen molar-refractivity contribution in [2.24, 2.45) is 0 Å². The molecule has 0 saturated carbocycles. The zero-order valence-electron chi connectivity index (χ0n) is 19.5. The second-order valence-electron chi connectivity index (χ2n) is 7.95. The quantitative estimate of drug-likeness (QED) is 0.499. The van der Waals surface area contributed by atoms with Crippen LogP contribution in [-0.2, 0) is 11.2 Å². The van der Waals surface area contributed by atoms with Crippen LogP contribution in [0.25, 0.3) is 11.3 Å². The van der Waals surface area contributed by atoms with E-state index >= 15 is 0 Å². The second-order valence-corrected chi connectivity index (χ2v) is 7.95. The standard InChI is InChI=1S/C25H29N3O5/c1-15(2)32-20-9-8-19(13-21(20)31-5)25(30)28-27-23(29)10-11-24-26-14-22(33-24)18-7-6-16(3)17(4)12-18/h6-9,12-15H,10-11H2,1-5H3,(H,27,29)(H,28,30). The summed E-state index contributed by atoms with van der Waals surface area (Å²) in [5.74, 6) is 1.26.